The van der Waals surface area contributed by atoms with Crippen LogP contribution in [0.25, 0.3) is 0 Å². The maximum atomic E-state index is 6.42. The third kappa shape index (κ3) is 5.92. The summed E-state index contributed by atoms with van der Waals surface area (Å²) in [5, 5.41) is 4.14. The van der Waals surface area contributed by atoms with Crippen molar-refractivity contribution in [3.63, 3.8) is 0 Å². The lowest BCUT2D eigenvalue weighted by Gasteiger charge is -2.43. The van der Waals surface area contributed by atoms with Crippen molar-refractivity contribution in [2.24, 2.45) is 5.73 Å². The fourth-order valence-electron chi connectivity index (χ4n) is 4.38. The summed E-state index contributed by atoms with van der Waals surface area (Å²) in [5.41, 5.74) is 5.76. The molecule has 2 rings (SSSR count). The highest BCUT2D eigenvalue weighted by atomic mass is 28.3. The second kappa shape index (κ2) is 9.83. The van der Waals surface area contributed by atoms with E-state index in [1.165, 1.54) is 57.8 Å². The summed E-state index contributed by atoms with van der Waals surface area (Å²) in [6.07, 6.45) is 11.3. The Bertz CT molecular complexity index is 357. The van der Waals surface area contributed by atoms with Crippen LogP contribution in [0, 0.1) is 0 Å². The smallest absolute Gasteiger partial charge is 0.0696 e. The van der Waals surface area contributed by atoms with Crippen LogP contribution in [0.15, 0.2) is 0 Å². The van der Waals surface area contributed by atoms with Crippen molar-refractivity contribution < 1.29 is 9.47 Å². The molecule has 6 heteroatoms. The molecule has 2 heterocycles. The van der Waals surface area contributed by atoms with E-state index in [1.54, 1.807) is 0 Å². The van der Waals surface area contributed by atoms with Gasteiger partial charge in [-0.3, -0.25) is 0 Å². The molecular formula is C18H40N2O2Si2. The Morgan fingerprint density at radius 3 is 2.38 bits per heavy atom. The first-order valence-corrected chi connectivity index (χ1v) is 14.1. The second-order valence-electron chi connectivity index (χ2n) is 8.46. The van der Waals surface area contributed by atoms with Crippen molar-refractivity contribution >= 4 is 19.0 Å². The van der Waals surface area contributed by atoms with Crippen LogP contribution in [0.1, 0.15) is 57.8 Å². The molecule has 0 radical (unpaired) electrons. The molecule has 0 aromatic carbocycles. The molecule has 0 saturated carbocycles. The minimum Gasteiger partial charge on any atom is -0.380 e. The van der Waals surface area contributed by atoms with Crippen molar-refractivity contribution in [3.8, 4) is 0 Å². The minimum absolute atomic E-state index is 0.191. The van der Waals surface area contributed by atoms with Crippen LogP contribution in [0.5, 0.6) is 0 Å². The maximum Gasteiger partial charge on any atom is 0.0696 e. The van der Waals surface area contributed by atoms with Crippen LogP contribution in [0.2, 0.25) is 13.1 Å². The lowest BCUT2D eigenvalue weighted by Crippen LogP contribution is -2.52. The van der Waals surface area contributed by atoms with Crippen LogP contribution in [0.3, 0.4) is 0 Å². The summed E-state index contributed by atoms with van der Waals surface area (Å²) in [6, 6.07) is 0.526. The number of nitrogens with one attached hydrogen (secondary N) is 1. The average Bonchev–Trinajstić information content (AvgIpc) is 2.59. The van der Waals surface area contributed by atoms with Gasteiger partial charge in [-0.2, -0.15) is 0 Å². The van der Waals surface area contributed by atoms with Crippen molar-refractivity contribution in [1.29, 1.82) is 0 Å². The summed E-state index contributed by atoms with van der Waals surface area (Å²) in [6.45, 7) is 8.48. The van der Waals surface area contributed by atoms with Gasteiger partial charge >= 0.3 is 0 Å². The summed E-state index contributed by atoms with van der Waals surface area (Å²) in [4.78, 5) is 0. The van der Waals surface area contributed by atoms with Crippen LogP contribution in [0.4, 0.5) is 0 Å². The lowest BCUT2D eigenvalue weighted by molar-refractivity contribution is -0.0412. The van der Waals surface area contributed by atoms with Gasteiger partial charge in [0, 0.05) is 47.8 Å². The summed E-state index contributed by atoms with van der Waals surface area (Å²) in [5.74, 6) is 0. The number of rotatable bonds is 9. The van der Waals surface area contributed by atoms with E-state index in [0.29, 0.717) is 12.6 Å². The van der Waals surface area contributed by atoms with E-state index in [0.717, 1.165) is 30.0 Å². The second-order valence-corrected chi connectivity index (χ2v) is 13.6. The van der Waals surface area contributed by atoms with E-state index < -0.39 is 8.80 Å². The van der Waals surface area contributed by atoms with E-state index in [-0.39, 0.29) is 10.4 Å². The predicted molar refractivity (Wildman–Crippen MR) is 109 cm³/mol. The average molecular weight is 373 g/mol. The van der Waals surface area contributed by atoms with Gasteiger partial charge in [-0.05, 0) is 57.8 Å². The SMILES string of the molecule is C[SiH](C)C1(CC(CCC2([SiH3])CCCCO2)NCCN)CCCCO1. The van der Waals surface area contributed by atoms with E-state index in [1.807, 2.05) is 0 Å². The highest BCUT2D eigenvalue weighted by Crippen LogP contribution is 2.34. The first-order chi connectivity index (χ1) is 11.5. The van der Waals surface area contributed by atoms with Crippen molar-refractivity contribution in [2.75, 3.05) is 26.3 Å². The minimum atomic E-state index is -0.870. The van der Waals surface area contributed by atoms with Crippen LogP contribution >= 0.6 is 0 Å². The van der Waals surface area contributed by atoms with Crippen LogP contribution < -0.4 is 11.1 Å². The molecule has 2 fully saturated rings. The largest absolute Gasteiger partial charge is 0.380 e. The Labute approximate surface area is 153 Å². The van der Waals surface area contributed by atoms with Crippen LogP contribution in [-0.4, -0.2) is 61.8 Å². The Hall–Kier alpha value is 0.274. The van der Waals surface area contributed by atoms with Gasteiger partial charge in [0.1, 0.15) is 0 Å². The summed E-state index contributed by atoms with van der Waals surface area (Å²) < 4.78 is 12.6. The molecule has 0 aromatic rings. The fourth-order valence-corrected chi connectivity index (χ4v) is 7.21. The zero-order valence-electron chi connectivity index (χ0n) is 16.2. The monoisotopic (exact) mass is 372 g/mol. The quantitative estimate of drug-likeness (QED) is 0.599. The van der Waals surface area contributed by atoms with Gasteiger partial charge in [0.2, 0.25) is 0 Å². The Morgan fingerprint density at radius 1 is 1.12 bits per heavy atom. The molecule has 0 aliphatic carbocycles. The first-order valence-electron chi connectivity index (χ1n) is 10.2. The molecule has 0 aromatic heterocycles. The molecule has 0 spiro atoms. The van der Waals surface area contributed by atoms with Gasteiger partial charge in [0.15, 0.2) is 0 Å². The molecule has 24 heavy (non-hydrogen) atoms. The molecule has 2 aliphatic rings. The van der Waals surface area contributed by atoms with E-state index in [9.17, 15) is 0 Å². The van der Waals surface area contributed by atoms with Gasteiger partial charge in [0.05, 0.1) is 14.0 Å². The Morgan fingerprint density at radius 2 is 1.83 bits per heavy atom. The number of ether oxygens (including phenoxy) is 2. The van der Waals surface area contributed by atoms with Gasteiger partial charge in [-0.15, -0.1) is 0 Å². The van der Waals surface area contributed by atoms with E-state index in [4.69, 9.17) is 15.2 Å². The summed E-state index contributed by atoms with van der Waals surface area (Å²) in [7, 11) is 0.275. The van der Waals surface area contributed by atoms with Gasteiger partial charge in [-0.25, -0.2) is 0 Å². The zero-order valence-corrected chi connectivity index (χ0v) is 19.4. The lowest BCUT2D eigenvalue weighted by atomic mass is 9.94. The maximum absolute atomic E-state index is 6.42. The highest BCUT2D eigenvalue weighted by Gasteiger charge is 2.39. The Balaban J connectivity index is 1.95. The molecule has 142 valence electrons. The zero-order chi connectivity index (χ0) is 17.5. The normalized spacial score (nSPS) is 33.0. The molecule has 2 saturated heterocycles. The third-order valence-electron chi connectivity index (χ3n) is 6.18. The standard InChI is InChI=1S/C18H40N2O2Si2/c1-24(2)18(9-4-6-14-22-18)15-16(20-12-11-19)7-10-17(23)8-3-5-13-21-17/h16,20,24H,3-15,19H2,1-2,23H3. The molecule has 3 unspecified atom stereocenters. The van der Waals surface area contributed by atoms with Crippen LogP contribution in [-0.2, 0) is 9.47 Å². The topological polar surface area (TPSA) is 56.5 Å². The molecule has 4 nitrogen and oxygen atoms in total. The van der Waals surface area contributed by atoms with E-state index in [2.05, 4.69) is 18.4 Å². The number of hydrogen-bond donors (Lipinski definition) is 2. The molecule has 3 atom stereocenters. The molecular weight excluding hydrogens is 332 g/mol. The van der Waals surface area contributed by atoms with Crippen molar-refractivity contribution in [1.82, 2.24) is 5.32 Å². The third-order valence-corrected chi connectivity index (χ3v) is 10.3. The number of hydrogen-bond acceptors (Lipinski definition) is 4. The molecule has 3 N–H and O–H groups in total. The number of nitrogens with two attached hydrogens (primary N) is 1. The van der Waals surface area contributed by atoms with Crippen molar-refractivity contribution in [3.05, 3.63) is 0 Å². The summed E-state index contributed by atoms with van der Waals surface area (Å²) >= 11 is 0. The van der Waals surface area contributed by atoms with Gasteiger partial charge in [0.25, 0.3) is 0 Å². The van der Waals surface area contributed by atoms with E-state index >= 15 is 0 Å². The molecule has 0 amide bonds. The highest BCUT2D eigenvalue weighted by molar-refractivity contribution is 6.59. The fraction of sp³-hybridized carbons (Fsp3) is 1.00. The van der Waals surface area contributed by atoms with Gasteiger partial charge < -0.3 is 20.5 Å². The van der Waals surface area contributed by atoms with Crippen molar-refractivity contribution in [2.45, 2.75) is 87.4 Å². The van der Waals surface area contributed by atoms with Gasteiger partial charge in [-0.1, -0.05) is 13.1 Å². The first kappa shape index (κ1) is 20.6. The Kier molecular flexibility index (Phi) is 8.43. The predicted octanol–water partition coefficient (Wildman–Crippen LogP) is 1.30. The molecule has 2 aliphatic heterocycles. The molecule has 0 bridgehead atoms.